The van der Waals surface area contributed by atoms with Gasteiger partial charge in [0.05, 0.1) is 12.2 Å². The number of hydrogen-bond acceptors (Lipinski definition) is 3. The molecule has 3 nitrogen and oxygen atoms in total. The van der Waals surface area contributed by atoms with E-state index in [9.17, 15) is 0 Å². The Bertz CT molecular complexity index is 334. The molecule has 0 saturated heterocycles. The van der Waals surface area contributed by atoms with Crippen molar-refractivity contribution in [3.63, 3.8) is 0 Å². The van der Waals surface area contributed by atoms with Crippen molar-refractivity contribution in [2.75, 3.05) is 13.6 Å². The van der Waals surface area contributed by atoms with Crippen LogP contribution in [-0.2, 0) is 14.2 Å². The quantitative estimate of drug-likeness (QED) is 0.403. The fourth-order valence-electron chi connectivity index (χ4n) is 4.92. The largest absolute Gasteiger partial charge is 0.352 e. The molecule has 0 amide bonds. The van der Waals surface area contributed by atoms with Crippen LogP contribution in [-0.4, -0.2) is 25.8 Å². The molecule has 3 heteroatoms. The summed E-state index contributed by atoms with van der Waals surface area (Å²) in [4.78, 5) is 0. The third kappa shape index (κ3) is 6.52. The first-order valence-corrected chi connectivity index (χ1v) is 10.7. The van der Waals surface area contributed by atoms with Gasteiger partial charge in [-0.05, 0) is 61.2 Å². The maximum Gasteiger partial charge on any atom is 0.149 e. The summed E-state index contributed by atoms with van der Waals surface area (Å²) in [6, 6.07) is 0. The molecule has 0 aliphatic heterocycles. The van der Waals surface area contributed by atoms with Crippen LogP contribution in [0.15, 0.2) is 0 Å². The van der Waals surface area contributed by atoms with Gasteiger partial charge in [-0.2, -0.15) is 0 Å². The summed E-state index contributed by atoms with van der Waals surface area (Å²) in [5.41, 5.74) is 0. The molecular formula is C22H42O3. The third-order valence-corrected chi connectivity index (χ3v) is 6.65. The average molecular weight is 355 g/mol. The van der Waals surface area contributed by atoms with E-state index in [0.717, 1.165) is 11.8 Å². The van der Waals surface area contributed by atoms with Crippen LogP contribution in [0.5, 0.6) is 0 Å². The highest BCUT2D eigenvalue weighted by molar-refractivity contribution is 4.82. The molecule has 0 radical (unpaired) electrons. The minimum absolute atomic E-state index is 0.349. The van der Waals surface area contributed by atoms with Crippen molar-refractivity contribution < 1.29 is 14.2 Å². The molecule has 0 aromatic heterocycles. The Morgan fingerprint density at radius 3 is 1.44 bits per heavy atom. The van der Waals surface area contributed by atoms with Crippen LogP contribution in [0, 0.1) is 35.5 Å². The lowest BCUT2D eigenvalue weighted by Gasteiger charge is -2.37. The average Bonchev–Trinajstić information content (AvgIpc) is 2.54. The summed E-state index contributed by atoms with van der Waals surface area (Å²) in [6.45, 7) is 14.7. The van der Waals surface area contributed by atoms with Crippen LogP contribution in [0.4, 0.5) is 0 Å². The lowest BCUT2D eigenvalue weighted by molar-refractivity contribution is -0.192. The SMILES string of the molecule is CC1CCC(C(C)C)C(OCOCOC2CC(C)CCC2C(C)C)C1. The monoisotopic (exact) mass is 354 g/mol. The predicted molar refractivity (Wildman–Crippen MR) is 103 cm³/mol. The third-order valence-electron chi connectivity index (χ3n) is 6.65. The molecular weight excluding hydrogens is 312 g/mol. The fraction of sp³-hybridized carbons (Fsp3) is 1.00. The molecule has 6 unspecified atom stereocenters. The van der Waals surface area contributed by atoms with E-state index in [1.807, 2.05) is 0 Å². The molecule has 0 heterocycles. The van der Waals surface area contributed by atoms with Crippen molar-refractivity contribution in [3.05, 3.63) is 0 Å². The molecule has 2 rings (SSSR count). The van der Waals surface area contributed by atoms with Crippen LogP contribution in [0.25, 0.3) is 0 Å². The highest BCUT2D eigenvalue weighted by Gasteiger charge is 2.32. The second-order valence-corrected chi connectivity index (χ2v) is 9.50. The van der Waals surface area contributed by atoms with E-state index < -0.39 is 0 Å². The van der Waals surface area contributed by atoms with Crippen LogP contribution in [0.1, 0.15) is 80.1 Å². The fourth-order valence-corrected chi connectivity index (χ4v) is 4.92. The summed E-state index contributed by atoms with van der Waals surface area (Å²) in [5.74, 6) is 4.25. The Labute approximate surface area is 156 Å². The first-order valence-electron chi connectivity index (χ1n) is 10.7. The Hall–Kier alpha value is -0.120. The molecule has 0 aromatic carbocycles. The summed E-state index contributed by atoms with van der Waals surface area (Å²) < 4.78 is 17.9. The first-order chi connectivity index (χ1) is 11.9. The molecule has 0 bridgehead atoms. The van der Waals surface area contributed by atoms with Gasteiger partial charge < -0.3 is 14.2 Å². The zero-order valence-electron chi connectivity index (χ0n) is 17.5. The van der Waals surface area contributed by atoms with Gasteiger partial charge in [0.2, 0.25) is 0 Å². The van der Waals surface area contributed by atoms with Gasteiger partial charge in [-0.25, -0.2) is 0 Å². The lowest BCUT2D eigenvalue weighted by Crippen LogP contribution is -2.36. The van der Waals surface area contributed by atoms with Crippen molar-refractivity contribution in [3.8, 4) is 0 Å². The Kier molecular flexibility index (Phi) is 8.71. The van der Waals surface area contributed by atoms with Gasteiger partial charge >= 0.3 is 0 Å². The molecule has 6 atom stereocenters. The molecule has 2 aliphatic carbocycles. The van der Waals surface area contributed by atoms with E-state index in [1.165, 1.54) is 38.5 Å². The van der Waals surface area contributed by atoms with Crippen molar-refractivity contribution in [1.82, 2.24) is 0 Å². The molecule has 0 aromatic rings. The van der Waals surface area contributed by atoms with Gasteiger partial charge in [-0.15, -0.1) is 0 Å². The van der Waals surface area contributed by atoms with Gasteiger partial charge in [0, 0.05) is 0 Å². The van der Waals surface area contributed by atoms with Crippen LogP contribution in [0.3, 0.4) is 0 Å². The van der Waals surface area contributed by atoms with Crippen molar-refractivity contribution in [1.29, 1.82) is 0 Å². The molecule has 0 N–H and O–H groups in total. The van der Waals surface area contributed by atoms with Gasteiger partial charge in [-0.1, -0.05) is 54.4 Å². The van der Waals surface area contributed by atoms with E-state index in [0.29, 0.717) is 49.5 Å². The summed E-state index contributed by atoms with van der Waals surface area (Å²) in [6.07, 6.45) is 8.28. The molecule has 2 aliphatic rings. The van der Waals surface area contributed by atoms with Crippen molar-refractivity contribution in [2.24, 2.45) is 35.5 Å². The van der Waals surface area contributed by atoms with Gasteiger partial charge in [0.25, 0.3) is 0 Å². The van der Waals surface area contributed by atoms with E-state index in [-0.39, 0.29) is 0 Å². The van der Waals surface area contributed by atoms with E-state index in [1.54, 1.807) is 0 Å². The summed E-state index contributed by atoms with van der Waals surface area (Å²) in [5, 5.41) is 0. The predicted octanol–water partition coefficient (Wildman–Crippen LogP) is 5.87. The zero-order valence-corrected chi connectivity index (χ0v) is 17.5. The Balaban J connectivity index is 1.69. The van der Waals surface area contributed by atoms with Gasteiger partial charge in [-0.3, -0.25) is 0 Å². The smallest absolute Gasteiger partial charge is 0.149 e. The zero-order chi connectivity index (χ0) is 18.4. The topological polar surface area (TPSA) is 27.7 Å². The minimum atomic E-state index is 0.349. The number of hydrogen-bond donors (Lipinski definition) is 0. The highest BCUT2D eigenvalue weighted by atomic mass is 16.7. The van der Waals surface area contributed by atoms with Crippen LogP contribution in [0.2, 0.25) is 0 Å². The number of ether oxygens (including phenoxy) is 3. The summed E-state index contributed by atoms with van der Waals surface area (Å²) >= 11 is 0. The Morgan fingerprint density at radius 1 is 0.680 bits per heavy atom. The maximum atomic E-state index is 6.11. The molecule has 0 spiro atoms. The Morgan fingerprint density at radius 2 is 1.08 bits per heavy atom. The highest BCUT2D eigenvalue weighted by Crippen LogP contribution is 2.36. The van der Waals surface area contributed by atoms with Crippen molar-refractivity contribution >= 4 is 0 Å². The van der Waals surface area contributed by atoms with Crippen LogP contribution < -0.4 is 0 Å². The maximum absolute atomic E-state index is 6.11. The number of rotatable bonds is 8. The van der Waals surface area contributed by atoms with E-state index >= 15 is 0 Å². The van der Waals surface area contributed by atoms with Crippen molar-refractivity contribution in [2.45, 2.75) is 92.3 Å². The molecule has 2 saturated carbocycles. The normalized spacial score (nSPS) is 37.0. The van der Waals surface area contributed by atoms with E-state index in [2.05, 4.69) is 41.5 Å². The standard InChI is InChI=1S/C22H42O3/c1-15(2)19-9-7-17(5)11-21(19)24-13-23-14-25-22-12-18(6)8-10-20(22)16(3)4/h15-22H,7-14H2,1-6H3. The summed E-state index contributed by atoms with van der Waals surface area (Å²) in [7, 11) is 0. The van der Waals surface area contributed by atoms with Crippen LogP contribution >= 0.6 is 0 Å². The lowest BCUT2D eigenvalue weighted by atomic mass is 9.75. The second-order valence-electron chi connectivity index (χ2n) is 9.50. The first kappa shape index (κ1) is 21.2. The molecule has 2 fully saturated rings. The van der Waals surface area contributed by atoms with Gasteiger partial charge in [0.1, 0.15) is 13.6 Å². The van der Waals surface area contributed by atoms with E-state index in [4.69, 9.17) is 14.2 Å². The molecule has 148 valence electrons. The van der Waals surface area contributed by atoms with Gasteiger partial charge in [0.15, 0.2) is 0 Å². The molecule has 25 heavy (non-hydrogen) atoms. The minimum Gasteiger partial charge on any atom is -0.352 e. The second kappa shape index (κ2) is 10.3.